The normalized spacial score (nSPS) is 14.7. The fourth-order valence-corrected chi connectivity index (χ4v) is 3.77. The van der Waals surface area contributed by atoms with Crippen molar-refractivity contribution in [3.8, 4) is 5.69 Å². The van der Waals surface area contributed by atoms with Gasteiger partial charge in [-0.1, -0.05) is 13.8 Å². The second-order valence-electron chi connectivity index (χ2n) is 8.13. The van der Waals surface area contributed by atoms with E-state index in [0.29, 0.717) is 41.9 Å². The molecule has 7 nitrogen and oxygen atoms in total. The van der Waals surface area contributed by atoms with E-state index in [2.05, 4.69) is 5.32 Å². The largest absolute Gasteiger partial charge is 0.462 e. The van der Waals surface area contributed by atoms with Gasteiger partial charge in [-0.2, -0.15) is 0 Å². The molecule has 1 heterocycles. The number of carbonyl (C=O) groups excluding carboxylic acids is 3. The summed E-state index contributed by atoms with van der Waals surface area (Å²) in [6.07, 6.45) is 0.834. The van der Waals surface area contributed by atoms with Gasteiger partial charge in [-0.3, -0.25) is 19.0 Å². The van der Waals surface area contributed by atoms with Gasteiger partial charge in [0.2, 0.25) is 0 Å². The summed E-state index contributed by atoms with van der Waals surface area (Å²) in [5.41, 5.74) is 0.858. The number of aromatic nitrogens is 1. The molecule has 0 saturated carbocycles. The minimum atomic E-state index is -0.754. The molecule has 0 unspecified atom stereocenters. The van der Waals surface area contributed by atoms with Crippen LogP contribution in [-0.2, 0) is 11.2 Å². The molecule has 2 aromatic rings. The second-order valence-corrected chi connectivity index (χ2v) is 8.13. The van der Waals surface area contributed by atoms with E-state index >= 15 is 0 Å². The van der Waals surface area contributed by atoms with Gasteiger partial charge in [-0.05, 0) is 56.0 Å². The van der Waals surface area contributed by atoms with Crippen molar-refractivity contribution in [3.05, 3.63) is 63.1 Å². The van der Waals surface area contributed by atoms with Crippen LogP contribution < -0.4 is 10.9 Å². The Morgan fingerprint density at radius 1 is 1.10 bits per heavy atom. The number of pyridine rings is 1. The van der Waals surface area contributed by atoms with Gasteiger partial charge in [0.1, 0.15) is 5.56 Å². The molecule has 1 aromatic carbocycles. The number of ketones is 1. The molecule has 7 heteroatoms. The van der Waals surface area contributed by atoms with Crippen LogP contribution in [0.15, 0.2) is 35.1 Å². The van der Waals surface area contributed by atoms with Gasteiger partial charge >= 0.3 is 5.97 Å². The third kappa shape index (κ3) is 4.06. The van der Waals surface area contributed by atoms with Gasteiger partial charge in [-0.15, -0.1) is 0 Å². The number of nitrogens with one attached hydrogen (secondary N) is 1. The number of fused-ring (bicyclic) bond motifs is 1. The lowest BCUT2D eigenvalue weighted by Crippen LogP contribution is -2.36. The van der Waals surface area contributed by atoms with Gasteiger partial charge in [0.05, 0.1) is 6.61 Å². The van der Waals surface area contributed by atoms with Crippen molar-refractivity contribution >= 4 is 17.7 Å². The summed E-state index contributed by atoms with van der Waals surface area (Å²) in [4.78, 5) is 50.5. The highest BCUT2D eigenvalue weighted by molar-refractivity contribution is 6.01. The Balaban J connectivity index is 2.22. The predicted molar refractivity (Wildman–Crippen MR) is 112 cm³/mol. The molecule has 1 aromatic heterocycles. The average molecular weight is 410 g/mol. The molecule has 0 fully saturated rings. The van der Waals surface area contributed by atoms with Crippen LogP contribution in [-0.4, -0.2) is 35.4 Å². The number of esters is 1. The van der Waals surface area contributed by atoms with Crippen LogP contribution in [0.4, 0.5) is 0 Å². The fraction of sp³-hybridized carbons (Fsp3) is 0.391. The van der Waals surface area contributed by atoms with Crippen LogP contribution in [0.2, 0.25) is 0 Å². The lowest BCUT2D eigenvalue weighted by atomic mass is 9.75. The van der Waals surface area contributed by atoms with E-state index in [1.165, 1.54) is 10.6 Å². The SMILES string of the molecule is CCNC(=O)c1ccc(-n2c3c(cc(C(=O)OCC)c2=O)C(=O)CC(C)(C)C3)cc1. The van der Waals surface area contributed by atoms with Gasteiger partial charge in [0, 0.05) is 35.5 Å². The van der Waals surface area contributed by atoms with Crippen LogP contribution in [0, 0.1) is 5.41 Å². The summed E-state index contributed by atoms with van der Waals surface area (Å²) in [6.45, 7) is 8.06. The average Bonchev–Trinajstić information content (AvgIpc) is 2.67. The first-order valence-electron chi connectivity index (χ1n) is 10.1. The minimum absolute atomic E-state index is 0.112. The van der Waals surface area contributed by atoms with Gasteiger partial charge < -0.3 is 10.1 Å². The second kappa shape index (κ2) is 8.26. The van der Waals surface area contributed by atoms with E-state index in [1.807, 2.05) is 20.8 Å². The molecule has 1 aliphatic rings. The first kappa shape index (κ1) is 21.5. The zero-order chi connectivity index (χ0) is 22.1. The Labute approximate surface area is 175 Å². The first-order valence-corrected chi connectivity index (χ1v) is 10.1. The Hall–Kier alpha value is -3.22. The third-order valence-corrected chi connectivity index (χ3v) is 5.11. The Morgan fingerprint density at radius 3 is 2.37 bits per heavy atom. The van der Waals surface area contributed by atoms with E-state index < -0.39 is 11.5 Å². The third-order valence-electron chi connectivity index (χ3n) is 5.11. The maximum absolute atomic E-state index is 13.3. The van der Waals surface area contributed by atoms with Crippen LogP contribution in [0.1, 0.15) is 70.9 Å². The molecule has 1 N–H and O–H groups in total. The van der Waals surface area contributed by atoms with Gasteiger partial charge in [-0.25, -0.2) is 4.79 Å². The molecular formula is C23H26N2O5. The molecule has 1 amide bonds. The van der Waals surface area contributed by atoms with Crippen molar-refractivity contribution in [1.82, 2.24) is 9.88 Å². The maximum atomic E-state index is 13.3. The molecule has 0 atom stereocenters. The number of hydrogen-bond donors (Lipinski definition) is 1. The molecule has 3 rings (SSSR count). The molecule has 0 radical (unpaired) electrons. The number of ether oxygens (including phenoxy) is 1. The van der Waals surface area contributed by atoms with Crippen molar-refractivity contribution in [2.24, 2.45) is 5.41 Å². The highest BCUT2D eigenvalue weighted by Crippen LogP contribution is 2.35. The standard InChI is InChI=1S/C23H26N2O5/c1-5-24-20(27)14-7-9-15(10-8-14)25-18-12-23(3,4)13-19(26)16(18)11-17(21(25)28)22(29)30-6-2/h7-11H,5-6,12-13H2,1-4H3,(H,24,27). The number of hydrogen-bond acceptors (Lipinski definition) is 5. The van der Waals surface area contributed by atoms with Crippen molar-refractivity contribution in [3.63, 3.8) is 0 Å². The lowest BCUT2D eigenvalue weighted by Gasteiger charge is -2.32. The van der Waals surface area contributed by atoms with Crippen LogP contribution in [0.5, 0.6) is 0 Å². The van der Waals surface area contributed by atoms with Crippen LogP contribution in [0.25, 0.3) is 5.69 Å². The first-order chi connectivity index (χ1) is 14.2. The van der Waals surface area contributed by atoms with Crippen molar-refractivity contribution in [2.45, 2.75) is 40.5 Å². The summed E-state index contributed by atoms with van der Waals surface area (Å²) < 4.78 is 6.43. The summed E-state index contributed by atoms with van der Waals surface area (Å²) in [6, 6.07) is 7.89. The quantitative estimate of drug-likeness (QED) is 0.765. The van der Waals surface area contributed by atoms with Gasteiger partial charge in [0.15, 0.2) is 5.78 Å². The van der Waals surface area contributed by atoms with Crippen LogP contribution in [0.3, 0.4) is 0 Å². The van der Waals surface area contributed by atoms with E-state index in [9.17, 15) is 19.2 Å². The number of nitrogens with zero attached hydrogens (tertiary/aromatic N) is 1. The smallest absolute Gasteiger partial charge is 0.343 e. The Kier molecular flexibility index (Phi) is 5.92. The summed E-state index contributed by atoms with van der Waals surface area (Å²) in [5.74, 6) is -1.08. The zero-order valence-electron chi connectivity index (χ0n) is 17.7. The molecule has 158 valence electrons. The summed E-state index contributed by atoms with van der Waals surface area (Å²) >= 11 is 0. The van der Waals surface area contributed by atoms with Crippen LogP contribution >= 0.6 is 0 Å². The van der Waals surface area contributed by atoms with E-state index in [1.54, 1.807) is 31.2 Å². The van der Waals surface area contributed by atoms with Crippen molar-refractivity contribution in [1.29, 1.82) is 0 Å². The fourth-order valence-electron chi connectivity index (χ4n) is 3.77. The molecular weight excluding hydrogens is 384 g/mol. The monoisotopic (exact) mass is 410 g/mol. The number of benzene rings is 1. The topological polar surface area (TPSA) is 94.5 Å². The van der Waals surface area contributed by atoms with Crippen molar-refractivity contribution < 1.29 is 19.1 Å². The Bertz CT molecular complexity index is 1060. The van der Waals surface area contributed by atoms with Gasteiger partial charge in [0.25, 0.3) is 11.5 Å². The molecule has 0 bridgehead atoms. The zero-order valence-corrected chi connectivity index (χ0v) is 17.7. The van der Waals surface area contributed by atoms with Crippen molar-refractivity contribution in [2.75, 3.05) is 13.2 Å². The molecule has 0 aliphatic heterocycles. The highest BCUT2D eigenvalue weighted by atomic mass is 16.5. The molecule has 0 saturated heterocycles. The summed E-state index contributed by atoms with van der Waals surface area (Å²) in [5, 5.41) is 2.72. The number of amides is 1. The lowest BCUT2D eigenvalue weighted by molar-refractivity contribution is 0.0523. The maximum Gasteiger partial charge on any atom is 0.343 e. The number of Topliss-reactive ketones (excluding diaryl/α,β-unsaturated/α-hetero) is 1. The van der Waals surface area contributed by atoms with E-state index in [4.69, 9.17) is 4.74 Å². The molecule has 30 heavy (non-hydrogen) atoms. The minimum Gasteiger partial charge on any atom is -0.462 e. The highest BCUT2D eigenvalue weighted by Gasteiger charge is 2.35. The number of rotatable bonds is 5. The molecule has 1 aliphatic carbocycles. The summed E-state index contributed by atoms with van der Waals surface area (Å²) in [7, 11) is 0. The Morgan fingerprint density at radius 2 is 1.77 bits per heavy atom. The van der Waals surface area contributed by atoms with E-state index in [-0.39, 0.29) is 29.3 Å². The van der Waals surface area contributed by atoms with E-state index in [0.717, 1.165) is 0 Å². The predicted octanol–water partition coefficient (Wildman–Crippen LogP) is 2.92. The number of carbonyl (C=O) groups is 3. The molecule has 0 spiro atoms.